The number of halogens is 6. The van der Waals surface area contributed by atoms with Crippen LogP contribution in [0.2, 0.25) is 0 Å². The lowest BCUT2D eigenvalue weighted by Gasteiger charge is -2.23. The van der Waals surface area contributed by atoms with Crippen molar-refractivity contribution >= 4 is 15.9 Å². The molecule has 14 heteroatoms. The van der Waals surface area contributed by atoms with Gasteiger partial charge in [0.05, 0.1) is 21.9 Å². The molecule has 2 N–H and O–H groups in total. The van der Waals surface area contributed by atoms with E-state index in [4.69, 9.17) is 4.74 Å². The van der Waals surface area contributed by atoms with Crippen LogP contribution in [0.1, 0.15) is 62.2 Å². The average molecular weight is 598 g/mol. The molecule has 1 fully saturated rings. The van der Waals surface area contributed by atoms with Crippen molar-refractivity contribution in [2.75, 3.05) is 13.2 Å². The van der Waals surface area contributed by atoms with Crippen molar-refractivity contribution in [3.05, 3.63) is 41.1 Å². The fourth-order valence-electron chi connectivity index (χ4n) is 4.44. The number of hydrogen-bond acceptors (Lipinski definition) is 4. The minimum Gasteiger partial charge on any atom is -0.381 e. The topological polar surface area (TPSA) is 89.4 Å². The van der Waals surface area contributed by atoms with Crippen molar-refractivity contribution in [2.24, 2.45) is 5.92 Å². The van der Waals surface area contributed by atoms with Gasteiger partial charge in [0.2, 0.25) is 10.0 Å². The van der Waals surface area contributed by atoms with Crippen LogP contribution in [-0.2, 0) is 27.5 Å². The van der Waals surface area contributed by atoms with Gasteiger partial charge in [-0.1, -0.05) is 13.0 Å². The summed E-state index contributed by atoms with van der Waals surface area (Å²) < 4.78 is 117. The van der Waals surface area contributed by atoms with E-state index in [1.807, 2.05) is 0 Å². The number of amides is 1. The molecule has 1 unspecified atom stereocenters. The highest BCUT2D eigenvalue weighted by Gasteiger charge is 2.40. The number of carbonyl (C=O) groups is 1. The number of hydrogen-bond donors (Lipinski definition) is 2. The molecule has 1 saturated heterocycles. The number of alkyl halides is 6. The third kappa shape index (κ3) is 7.58. The van der Waals surface area contributed by atoms with Crippen LogP contribution in [0.4, 0.5) is 26.3 Å². The normalized spacial score (nSPS) is 16.7. The molecule has 3 rings (SSSR count). The fourth-order valence-corrected chi connectivity index (χ4v) is 6.06. The zero-order chi connectivity index (χ0) is 30.3. The van der Waals surface area contributed by atoms with E-state index in [1.165, 1.54) is 33.8 Å². The van der Waals surface area contributed by atoms with Crippen LogP contribution < -0.4 is 10.0 Å². The van der Waals surface area contributed by atoms with Crippen molar-refractivity contribution in [1.29, 1.82) is 0 Å². The van der Waals surface area contributed by atoms with Crippen molar-refractivity contribution in [3.8, 4) is 11.3 Å². The molecule has 1 amide bonds. The Labute approximate surface area is 229 Å². The second-order valence-electron chi connectivity index (χ2n) is 11.0. The van der Waals surface area contributed by atoms with Gasteiger partial charge in [0.25, 0.3) is 5.91 Å². The molecule has 0 aliphatic carbocycles. The van der Waals surface area contributed by atoms with Crippen LogP contribution in [0.5, 0.6) is 0 Å². The molecule has 0 radical (unpaired) electrons. The van der Waals surface area contributed by atoms with Crippen molar-refractivity contribution in [1.82, 2.24) is 14.6 Å². The van der Waals surface area contributed by atoms with Crippen molar-refractivity contribution < 1.29 is 44.3 Å². The van der Waals surface area contributed by atoms with Gasteiger partial charge in [-0.2, -0.15) is 26.3 Å². The van der Waals surface area contributed by atoms with Crippen molar-refractivity contribution in [2.45, 2.75) is 82.8 Å². The van der Waals surface area contributed by atoms with Crippen LogP contribution in [0.3, 0.4) is 0 Å². The van der Waals surface area contributed by atoms with Gasteiger partial charge in [0, 0.05) is 42.7 Å². The highest BCUT2D eigenvalue weighted by Crippen LogP contribution is 2.39. The maximum absolute atomic E-state index is 14.1. The summed E-state index contributed by atoms with van der Waals surface area (Å²) in [5, 5.41) is 2.82. The van der Waals surface area contributed by atoms with E-state index in [9.17, 15) is 39.6 Å². The highest BCUT2D eigenvalue weighted by molar-refractivity contribution is 7.89. The Morgan fingerprint density at radius 3 is 2.20 bits per heavy atom. The number of rotatable bonds is 7. The molecular weight excluding hydrogens is 564 g/mol. The molecule has 2 aromatic rings. The number of carbonyl (C=O) groups excluding carboxylic acids is 1. The van der Waals surface area contributed by atoms with Gasteiger partial charge in [0.1, 0.15) is 0 Å². The zero-order valence-electron chi connectivity index (χ0n) is 22.8. The standard InChI is InChI=1S/C26H33F6N3O4S/c1-15(25(27,28)29)14-35-16(2)19(23(36)33-18-8-10-39-11-9-18)13-21(35)17-6-7-22(20(12-17)26(30,31)32)40(37,38)34-24(3,4)5/h6-7,12-13,15,18,34H,8-11,14H2,1-5H3,(H,33,36). The molecule has 1 aliphatic rings. The zero-order valence-corrected chi connectivity index (χ0v) is 23.6. The first-order valence-corrected chi connectivity index (χ1v) is 14.1. The third-order valence-electron chi connectivity index (χ3n) is 6.49. The van der Waals surface area contributed by atoms with Crippen LogP contribution in [0.15, 0.2) is 29.2 Å². The SMILES string of the molecule is Cc1c(C(=O)NC2CCOCC2)cc(-c2ccc(S(=O)(=O)NC(C)(C)C)c(C(F)(F)F)c2)n1CC(C)C(F)(F)F. The monoisotopic (exact) mass is 597 g/mol. The van der Waals surface area contributed by atoms with E-state index >= 15 is 0 Å². The smallest absolute Gasteiger partial charge is 0.381 e. The second-order valence-corrected chi connectivity index (χ2v) is 12.7. The number of benzene rings is 1. The number of nitrogens with zero attached hydrogens (tertiary/aromatic N) is 1. The van der Waals surface area contributed by atoms with E-state index in [0.717, 1.165) is 23.6 Å². The second kappa shape index (κ2) is 11.4. The molecule has 224 valence electrons. The summed E-state index contributed by atoms with van der Waals surface area (Å²) in [6.07, 6.45) is -8.63. The van der Waals surface area contributed by atoms with Gasteiger partial charge < -0.3 is 14.6 Å². The minimum atomic E-state index is -5.10. The lowest BCUT2D eigenvalue weighted by atomic mass is 10.1. The lowest BCUT2D eigenvalue weighted by molar-refractivity contribution is -0.172. The molecule has 1 atom stereocenters. The maximum Gasteiger partial charge on any atom is 0.417 e. The van der Waals surface area contributed by atoms with E-state index in [-0.39, 0.29) is 28.6 Å². The van der Waals surface area contributed by atoms with Crippen LogP contribution in [-0.4, -0.2) is 49.9 Å². The summed E-state index contributed by atoms with van der Waals surface area (Å²) in [7, 11) is -4.61. The van der Waals surface area contributed by atoms with Gasteiger partial charge in [-0.3, -0.25) is 4.79 Å². The summed E-state index contributed by atoms with van der Waals surface area (Å²) >= 11 is 0. The quantitative estimate of drug-likeness (QED) is 0.403. The first-order valence-electron chi connectivity index (χ1n) is 12.6. The van der Waals surface area contributed by atoms with Gasteiger partial charge in [-0.15, -0.1) is 0 Å². The third-order valence-corrected chi connectivity index (χ3v) is 8.31. The molecule has 1 aromatic heterocycles. The lowest BCUT2D eigenvalue weighted by Crippen LogP contribution is -2.41. The van der Waals surface area contributed by atoms with Crippen molar-refractivity contribution in [3.63, 3.8) is 0 Å². The number of ether oxygens (including phenoxy) is 1. The first kappa shape index (κ1) is 31.9. The summed E-state index contributed by atoms with van der Waals surface area (Å²) in [5.41, 5.74) is -2.68. The van der Waals surface area contributed by atoms with Crippen LogP contribution in [0, 0.1) is 12.8 Å². The van der Waals surface area contributed by atoms with E-state index < -0.39 is 56.7 Å². The first-order chi connectivity index (χ1) is 18.2. The van der Waals surface area contributed by atoms with Crippen LogP contribution >= 0.6 is 0 Å². The Bertz CT molecular complexity index is 1340. The Balaban J connectivity index is 2.16. The fraction of sp³-hybridized carbons (Fsp3) is 0.577. The summed E-state index contributed by atoms with van der Waals surface area (Å²) in [6, 6.07) is 3.47. The van der Waals surface area contributed by atoms with Gasteiger partial charge in [-0.25, -0.2) is 13.1 Å². The van der Waals surface area contributed by atoms with E-state index in [1.54, 1.807) is 0 Å². The summed E-state index contributed by atoms with van der Waals surface area (Å²) in [6.45, 7) is 6.95. The van der Waals surface area contributed by atoms with Crippen LogP contribution in [0.25, 0.3) is 11.3 Å². The molecule has 40 heavy (non-hydrogen) atoms. The number of nitrogens with one attached hydrogen (secondary N) is 2. The van der Waals surface area contributed by atoms with Gasteiger partial charge in [-0.05, 0) is 64.3 Å². The number of sulfonamides is 1. The molecule has 0 saturated carbocycles. The number of aromatic nitrogens is 1. The van der Waals surface area contributed by atoms with E-state index in [0.29, 0.717) is 32.1 Å². The molecule has 0 bridgehead atoms. The highest BCUT2D eigenvalue weighted by atomic mass is 32.2. The predicted octanol–water partition coefficient (Wildman–Crippen LogP) is 5.67. The molecule has 1 aromatic carbocycles. The Morgan fingerprint density at radius 2 is 1.68 bits per heavy atom. The summed E-state index contributed by atoms with van der Waals surface area (Å²) in [5.74, 6) is -2.46. The molecule has 2 heterocycles. The Kier molecular flexibility index (Phi) is 9.07. The Morgan fingerprint density at radius 1 is 1.07 bits per heavy atom. The summed E-state index contributed by atoms with van der Waals surface area (Å²) in [4.78, 5) is 12.1. The largest absolute Gasteiger partial charge is 0.417 e. The molecular formula is C26H33F6N3O4S. The molecule has 1 aliphatic heterocycles. The molecule has 7 nitrogen and oxygen atoms in total. The van der Waals surface area contributed by atoms with E-state index in [2.05, 4.69) is 10.0 Å². The van der Waals surface area contributed by atoms with Gasteiger partial charge in [0.15, 0.2) is 0 Å². The minimum absolute atomic E-state index is 0.00974. The Hall–Kier alpha value is -2.58. The average Bonchev–Trinajstić information content (AvgIpc) is 3.12. The predicted molar refractivity (Wildman–Crippen MR) is 136 cm³/mol. The maximum atomic E-state index is 14.1. The van der Waals surface area contributed by atoms with Gasteiger partial charge >= 0.3 is 12.4 Å². The molecule has 0 spiro atoms.